The average molecular weight is 278 g/mol. The molecule has 0 aromatic heterocycles. The molecule has 1 aliphatic rings. The van der Waals surface area contributed by atoms with Crippen molar-refractivity contribution in [1.82, 2.24) is 5.32 Å². The molecule has 1 aromatic carbocycles. The monoisotopic (exact) mass is 278 g/mol. The molecule has 0 aliphatic heterocycles. The maximum Gasteiger partial charge on any atom is 0.125 e. The minimum Gasteiger partial charge on any atom is -0.374 e. The van der Waals surface area contributed by atoms with Crippen molar-refractivity contribution in [2.45, 2.75) is 45.6 Å². The van der Waals surface area contributed by atoms with Gasteiger partial charge in [0.2, 0.25) is 0 Å². The second kappa shape index (κ2) is 7.63. The average Bonchev–Trinajstić information content (AvgIpc) is 2.45. The molecule has 1 aliphatic carbocycles. The Morgan fingerprint density at radius 3 is 2.65 bits per heavy atom. The molecule has 1 saturated carbocycles. The van der Waals surface area contributed by atoms with Crippen LogP contribution in [0.3, 0.4) is 0 Å². The lowest BCUT2D eigenvalue weighted by atomic mass is 9.89. The number of nitrogens with zero attached hydrogens (tertiary/aromatic N) is 1. The summed E-state index contributed by atoms with van der Waals surface area (Å²) in [7, 11) is 2.08. The van der Waals surface area contributed by atoms with E-state index in [2.05, 4.69) is 30.3 Å². The van der Waals surface area contributed by atoms with Crippen molar-refractivity contribution in [3.8, 4) is 0 Å². The zero-order valence-electron chi connectivity index (χ0n) is 12.8. The van der Waals surface area contributed by atoms with Gasteiger partial charge in [-0.3, -0.25) is 0 Å². The number of hydrogen-bond acceptors (Lipinski definition) is 2. The van der Waals surface area contributed by atoms with Crippen molar-refractivity contribution in [3.05, 3.63) is 29.6 Å². The minimum absolute atomic E-state index is 0.133. The largest absolute Gasteiger partial charge is 0.374 e. The van der Waals surface area contributed by atoms with Crippen molar-refractivity contribution < 1.29 is 4.39 Å². The zero-order valence-corrected chi connectivity index (χ0v) is 12.8. The first-order chi connectivity index (χ1) is 9.69. The third-order valence-corrected chi connectivity index (χ3v) is 4.22. The number of halogens is 1. The van der Waals surface area contributed by atoms with Crippen molar-refractivity contribution in [3.63, 3.8) is 0 Å². The van der Waals surface area contributed by atoms with Gasteiger partial charge in [-0.15, -0.1) is 0 Å². The van der Waals surface area contributed by atoms with Crippen LogP contribution in [0.2, 0.25) is 0 Å². The number of hydrogen-bond donors (Lipinski definition) is 1. The van der Waals surface area contributed by atoms with Gasteiger partial charge in [-0.25, -0.2) is 4.39 Å². The Kier molecular flexibility index (Phi) is 5.84. The Morgan fingerprint density at radius 1 is 1.20 bits per heavy atom. The fraction of sp³-hybridized carbons (Fsp3) is 0.647. The molecule has 1 aromatic rings. The van der Waals surface area contributed by atoms with E-state index in [4.69, 9.17) is 0 Å². The summed E-state index contributed by atoms with van der Waals surface area (Å²) in [6.45, 7) is 4.75. The van der Waals surface area contributed by atoms with Crippen LogP contribution in [0.5, 0.6) is 0 Å². The quantitative estimate of drug-likeness (QED) is 0.847. The Balaban J connectivity index is 2.00. The molecule has 112 valence electrons. The molecule has 0 saturated heterocycles. The van der Waals surface area contributed by atoms with E-state index in [-0.39, 0.29) is 5.82 Å². The molecular weight excluding hydrogens is 251 g/mol. The van der Waals surface area contributed by atoms with Crippen LogP contribution in [0.15, 0.2) is 18.2 Å². The van der Waals surface area contributed by atoms with E-state index in [0.29, 0.717) is 0 Å². The normalized spacial score (nSPS) is 16.4. The first-order valence-electron chi connectivity index (χ1n) is 7.90. The number of rotatable bonds is 6. The first-order valence-corrected chi connectivity index (χ1v) is 7.90. The SMILES string of the molecule is CCNCc1cc(F)cc(N(C)CC2CCCCC2)c1. The molecule has 20 heavy (non-hydrogen) atoms. The van der Waals surface area contributed by atoms with Gasteiger partial charge in [0, 0.05) is 25.8 Å². The topological polar surface area (TPSA) is 15.3 Å². The van der Waals surface area contributed by atoms with Gasteiger partial charge in [0.15, 0.2) is 0 Å². The fourth-order valence-electron chi connectivity index (χ4n) is 3.09. The standard InChI is InChI=1S/C17H27FN2/c1-3-19-12-15-9-16(18)11-17(10-15)20(2)13-14-7-5-4-6-8-14/h9-11,14,19H,3-8,12-13H2,1-2H3. The lowest BCUT2D eigenvalue weighted by Crippen LogP contribution is -2.27. The summed E-state index contributed by atoms with van der Waals surface area (Å²) in [5, 5.41) is 3.25. The van der Waals surface area contributed by atoms with E-state index in [9.17, 15) is 4.39 Å². The molecule has 0 bridgehead atoms. The molecular formula is C17H27FN2. The van der Waals surface area contributed by atoms with Crippen molar-refractivity contribution in [2.75, 3.05) is 25.0 Å². The van der Waals surface area contributed by atoms with Crippen LogP contribution in [0.4, 0.5) is 10.1 Å². The van der Waals surface area contributed by atoms with Gasteiger partial charge in [0.1, 0.15) is 5.82 Å². The second-order valence-corrected chi connectivity index (χ2v) is 5.98. The second-order valence-electron chi connectivity index (χ2n) is 5.98. The number of benzene rings is 1. The zero-order chi connectivity index (χ0) is 14.4. The summed E-state index contributed by atoms with van der Waals surface area (Å²) < 4.78 is 13.7. The highest BCUT2D eigenvalue weighted by Gasteiger charge is 2.16. The molecule has 0 unspecified atom stereocenters. The van der Waals surface area contributed by atoms with Crippen LogP contribution in [0.25, 0.3) is 0 Å². The van der Waals surface area contributed by atoms with E-state index < -0.39 is 0 Å². The number of nitrogens with one attached hydrogen (secondary N) is 1. The third-order valence-electron chi connectivity index (χ3n) is 4.22. The smallest absolute Gasteiger partial charge is 0.125 e. The fourth-order valence-corrected chi connectivity index (χ4v) is 3.09. The maximum atomic E-state index is 13.7. The summed E-state index contributed by atoms with van der Waals surface area (Å²) in [5.41, 5.74) is 2.03. The highest BCUT2D eigenvalue weighted by Crippen LogP contribution is 2.26. The van der Waals surface area contributed by atoms with E-state index >= 15 is 0 Å². The van der Waals surface area contributed by atoms with Crippen molar-refractivity contribution in [1.29, 1.82) is 0 Å². The molecule has 2 rings (SSSR count). The molecule has 0 amide bonds. The molecule has 0 spiro atoms. The van der Waals surface area contributed by atoms with Crippen molar-refractivity contribution in [2.24, 2.45) is 5.92 Å². The molecule has 2 nitrogen and oxygen atoms in total. The summed E-state index contributed by atoms with van der Waals surface area (Å²) >= 11 is 0. The van der Waals surface area contributed by atoms with Gasteiger partial charge >= 0.3 is 0 Å². The maximum absolute atomic E-state index is 13.7. The Bertz CT molecular complexity index is 413. The van der Waals surface area contributed by atoms with Gasteiger partial charge < -0.3 is 10.2 Å². The Morgan fingerprint density at radius 2 is 1.95 bits per heavy atom. The van der Waals surface area contributed by atoms with Crippen molar-refractivity contribution >= 4 is 5.69 Å². The van der Waals surface area contributed by atoms with Gasteiger partial charge in [-0.2, -0.15) is 0 Å². The third kappa shape index (κ3) is 4.48. The van der Waals surface area contributed by atoms with Crippen LogP contribution in [-0.4, -0.2) is 20.1 Å². The molecule has 0 atom stereocenters. The van der Waals surface area contributed by atoms with Crippen LogP contribution >= 0.6 is 0 Å². The number of anilines is 1. The van der Waals surface area contributed by atoms with Gasteiger partial charge in [0.05, 0.1) is 0 Å². The first kappa shape index (κ1) is 15.3. The molecule has 0 heterocycles. The Hall–Kier alpha value is -1.09. The lowest BCUT2D eigenvalue weighted by molar-refractivity contribution is 0.362. The van der Waals surface area contributed by atoms with Crippen LogP contribution in [-0.2, 0) is 6.54 Å². The van der Waals surface area contributed by atoms with Crippen LogP contribution in [0.1, 0.15) is 44.6 Å². The molecule has 1 N–H and O–H groups in total. The minimum atomic E-state index is -0.133. The van der Waals surface area contributed by atoms with E-state index in [1.807, 2.05) is 0 Å². The molecule has 3 heteroatoms. The van der Waals surface area contributed by atoms with Crippen LogP contribution < -0.4 is 10.2 Å². The van der Waals surface area contributed by atoms with E-state index in [1.54, 1.807) is 12.1 Å². The lowest BCUT2D eigenvalue weighted by Gasteiger charge is -2.28. The van der Waals surface area contributed by atoms with Gasteiger partial charge in [0.25, 0.3) is 0 Å². The highest BCUT2D eigenvalue weighted by molar-refractivity contribution is 5.48. The molecule has 0 radical (unpaired) electrons. The van der Waals surface area contributed by atoms with Gasteiger partial charge in [-0.1, -0.05) is 26.2 Å². The summed E-state index contributed by atoms with van der Waals surface area (Å²) in [6, 6.07) is 5.38. The van der Waals surface area contributed by atoms with Gasteiger partial charge in [-0.05, 0) is 49.1 Å². The summed E-state index contributed by atoms with van der Waals surface area (Å²) in [5.74, 6) is 0.639. The predicted octanol–water partition coefficient (Wildman–Crippen LogP) is 3.95. The summed E-state index contributed by atoms with van der Waals surface area (Å²) in [6.07, 6.45) is 6.74. The van der Waals surface area contributed by atoms with Crippen LogP contribution in [0, 0.1) is 11.7 Å². The summed E-state index contributed by atoms with van der Waals surface area (Å²) in [4.78, 5) is 2.22. The predicted molar refractivity (Wildman–Crippen MR) is 83.6 cm³/mol. The Labute approximate surface area is 122 Å². The van der Waals surface area contributed by atoms with E-state index in [1.165, 1.54) is 32.1 Å². The molecule has 1 fully saturated rings. The van der Waals surface area contributed by atoms with E-state index in [0.717, 1.165) is 36.8 Å². The highest BCUT2D eigenvalue weighted by atomic mass is 19.1.